The van der Waals surface area contributed by atoms with E-state index in [0.29, 0.717) is 17.0 Å². The van der Waals surface area contributed by atoms with Crippen molar-refractivity contribution in [1.29, 1.82) is 5.26 Å². The van der Waals surface area contributed by atoms with Crippen LogP contribution in [0, 0.1) is 25.4 Å². The Bertz CT molecular complexity index is 440. The zero-order valence-corrected chi connectivity index (χ0v) is 7.87. The van der Waals surface area contributed by atoms with Gasteiger partial charge in [0, 0.05) is 5.56 Å². The van der Waals surface area contributed by atoms with E-state index in [1.54, 1.807) is 25.3 Å². The first-order chi connectivity index (χ1) is 6.70. The number of benzene rings is 1. The molecule has 0 N–H and O–H groups in total. The van der Waals surface area contributed by atoms with Gasteiger partial charge in [-0.15, -0.1) is 5.26 Å². The number of hydrogen-bond acceptors (Lipinski definition) is 4. The lowest BCUT2D eigenvalue weighted by Gasteiger charge is -2.06. The average molecular weight is 188 g/mol. The summed E-state index contributed by atoms with van der Waals surface area (Å²) in [4.78, 5) is 13.6. The molecule has 0 saturated heterocycles. The van der Waals surface area contributed by atoms with Crippen molar-refractivity contribution in [3.63, 3.8) is 0 Å². The van der Waals surface area contributed by atoms with Gasteiger partial charge in [0.15, 0.2) is 0 Å². The molecule has 0 aliphatic rings. The van der Waals surface area contributed by atoms with Gasteiger partial charge in [0.05, 0.1) is 5.69 Å². The Morgan fingerprint density at radius 1 is 1.43 bits per heavy atom. The number of isocyanates is 1. The van der Waals surface area contributed by atoms with Crippen molar-refractivity contribution >= 4 is 11.8 Å². The molecule has 0 fully saturated rings. The van der Waals surface area contributed by atoms with Crippen LogP contribution in [-0.4, -0.2) is 6.08 Å². The molecular formula is C10H8N2O2. The number of nitrogens with zero attached hydrogens (tertiary/aromatic N) is 2. The highest BCUT2D eigenvalue weighted by molar-refractivity contribution is 5.60. The summed E-state index contributed by atoms with van der Waals surface area (Å²) in [7, 11) is 0. The van der Waals surface area contributed by atoms with Crippen LogP contribution in [0.4, 0.5) is 5.69 Å². The van der Waals surface area contributed by atoms with Crippen LogP contribution in [-0.2, 0) is 4.79 Å². The van der Waals surface area contributed by atoms with Gasteiger partial charge >= 0.3 is 0 Å². The Morgan fingerprint density at radius 2 is 2.14 bits per heavy atom. The van der Waals surface area contributed by atoms with Crippen molar-refractivity contribution in [3.8, 4) is 12.0 Å². The van der Waals surface area contributed by atoms with Crippen molar-refractivity contribution in [1.82, 2.24) is 0 Å². The lowest BCUT2D eigenvalue weighted by atomic mass is 10.1. The second kappa shape index (κ2) is 4.22. The van der Waals surface area contributed by atoms with Crippen LogP contribution in [0.3, 0.4) is 0 Å². The van der Waals surface area contributed by atoms with Crippen molar-refractivity contribution in [2.45, 2.75) is 13.8 Å². The summed E-state index contributed by atoms with van der Waals surface area (Å²) in [6.45, 7) is 3.55. The van der Waals surface area contributed by atoms with Gasteiger partial charge in [-0.3, -0.25) is 0 Å². The minimum Gasteiger partial charge on any atom is -0.387 e. The molecule has 0 amide bonds. The first-order valence-corrected chi connectivity index (χ1v) is 3.94. The van der Waals surface area contributed by atoms with E-state index in [9.17, 15) is 4.79 Å². The fourth-order valence-corrected chi connectivity index (χ4v) is 1.19. The molecule has 1 rings (SSSR count). The van der Waals surface area contributed by atoms with Crippen molar-refractivity contribution in [2.75, 3.05) is 0 Å². The minimum atomic E-state index is 0.448. The van der Waals surface area contributed by atoms with E-state index in [-0.39, 0.29) is 0 Å². The molecule has 1 aromatic rings. The van der Waals surface area contributed by atoms with E-state index in [1.165, 1.54) is 6.08 Å². The first kappa shape index (κ1) is 9.97. The zero-order valence-electron chi connectivity index (χ0n) is 7.87. The largest absolute Gasteiger partial charge is 0.387 e. The van der Waals surface area contributed by atoms with Crippen LogP contribution >= 0.6 is 0 Å². The van der Waals surface area contributed by atoms with Gasteiger partial charge in [0.25, 0.3) is 6.26 Å². The van der Waals surface area contributed by atoms with E-state index in [2.05, 4.69) is 4.99 Å². The molecule has 70 valence electrons. The van der Waals surface area contributed by atoms with Gasteiger partial charge in [-0.25, -0.2) is 4.79 Å². The molecule has 4 heteroatoms. The van der Waals surface area contributed by atoms with Gasteiger partial charge in [-0.1, -0.05) is 6.07 Å². The molecule has 0 atom stereocenters. The molecule has 0 aliphatic heterocycles. The normalized spacial score (nSPS) is 8.64. The van der Waals surface area contributed by atoms with Gasteiger partial charge < -0.3 is 4.74 Å². The number of aryl methyl sites for hydroxylation is 1. The number of rotatable bonds is 2. The molecule has 0 aliphatic carbocycles. The minimum absolute atomic E-state index is 0.448. The summed E-state index contributed by atoms with van der Waals surface area (Å²) in [5.74, 6) is 0.448. The molecule has 0 unspecified atom stereocenters. The van der Waals surface area contributed by atoms with E-state index in [1.807, 2.05) is 6.92 Å². The summed E-state index contributed by atoms with van der Waals surface area (Å²) in [5.41, 5.74) is 1.96. The monoisotopic (exact) mass is 188 g/mol. The van der Waals surface area contributed by atoms with Gasteiger partial charge in [0.1, 0.15) is 5.75 Å². The van der Waals surface area contributed by atoms with Gasteiger partial charge in [-0.05, 0) is 25.5 Å². The Balaban J connectivity index is 3.34. The van der Waals surface area contributed by atoms with Crippen molar-refractivity contribution < 1.29 is 9.53 Å². The molecule has 0 bridgehead atoms. The van der Waals surface area contributed by atoms with E-state index in [4.69, 9.17) is 10.00 Å². The lowest BCUT2D eigenvalue weighted by Crippen LogP contribution is -1.90. The number of ether oxygens (including phenoxy) is 1. The Hall–Kier alpha value is -2.11. The Kier molecular flexibility index (Phi) is 3.01. The number of hydrogen-bond donors (Lipinski definition) is 0. The summed E-state index contributed by atoms with van der Waals surface area (Å²) in [6, 6.07) is 3.41. The van der Waals surface area contributed by atoms with Crippen molar-refractivity contribution in [2.24, 2.45) is 4.99 Å². The summed E-state index contributed by atoms with van der Waals surface area (Å²) in [5, 5.41) is 8.41. The highest BCUT2D eigenvalue weighted by Gasteiger charge is 2.08. The number of nitriles is 1. The van der Waals surface area contributed by atoms with Crippen LogP contribution in [0.2, 0.25) is 0 Å². The van der Waals surface area contributed by atoms with Crippen LogP contribution < -0.4 is 4.74 Å². The molecule has 0 saturated carbocycles. The Morgan fingerprint density at radius 3 is 2.71 bits per heavy atom. The molecule has 1 aromatic carbocycles. The fraction of sp³-hybridized carbons (Fsp3) is 0.200. The fourth-order valence-electron chi connectivity index (χ4n) is 1.19. The number of aliphatic imine (C=N–C) groups is 1. The van der Waals surface area contributed by atoms with E-state index in [0.717, 1.165) is 5.56 Å². The third-order valence-electron chi connectivity index (χ3n) is 1.89. The SMILES string of the molecule is Cc1ccc(N=C=O)c(C)c1OC#N. The molecule has 0 radical (unpaired) electrons. The highest BCUT2D eigenvalue weighted by atomic mass is 16.5. The first-order valence-electron chi connectivity index (χ1n) is 3.94. The predicted molar refractivity (Wildman–Crippen MR) is 49.9 cm³/mol. The maximum Gasteiger partial charge on any atom is 0.292 e. The van der Waals surface area contributed by atoms with Crippen LogP contribution in [0.25, 0.3) is 0 Å². The maximum atomic E-state index is 10.1. The molecular weight excluding hydrogens is 180 g/mol. The molecule has 0 aromatic heterocycles. The third kappa shape index (κ3) is 1.79. The zero-order chi connectivity index (χ0) is 10.6. The quantitative estimate of drug-likeness (QED) is 0.405. The topological polar surface area (TPSA) is 62.4 Å². The van der Waals surface area contributed by atoms with Gasteiger partial charge in [0.2, 0.25) is 6.08 Å². The smallest absolute Gasteiger partial charge is 0.292 e. The van der Waals surface area contributed by atoms with Crippen LogP contribution in [0.15, 0.2) is 17.1 Å². The summed E-state index contributed by atoms with van der Waals surface area (Å²) >= 11 is 0. The Labute approximate surface area is 81.5 Å². The number of carbonyl (C=O) groups excluding carboxylic acids is 1. The lowest BCUT2D eigenvalue weighted by molar-refractivity contribution is 0.499. The van der Waals surface area contributed by atoms with E-state index >= 15 is 0 Å². The van der Waals surface area contributed by atoms with E-state index < -0.39 is 0 Å². The summed E-state index contributed by atoms with van der Waals surface area (Å²) < 4.78 is 4.77. The molecule has 0 heterocycles. The second-order valence-electron chi connectivity index (χ2n) is 2.75. The predicted octanol–water partition coefficient (Wildman–Crippen LogP) is 2.13. The van der Waals surface area contributed by atoms with Crippen LogP contribution in [0.5, 0.6) is 5.75 Å². The molecule has 4 nitrogen and oxygen atoms in total. The average Bonchev–Trinajstić information content (AvgIpc) is 2.17. The summed E-state index contributed by atoms with van der Waals surface area (Å²) in [6.07, 6.45) is 3.04. The standard InChI is InChI=1S/C10H8N2O2/c1-7-3-4-9(12-6-13)8(2)10(7)14-5-11/h3-4H,1-2H3. The molecule has 0 spiro atoms. The maximum absolute atomic E-state index is 10.1. The highest BCUT2D eigenvalue weighted by Crippen LogP contribution is 2.30. The third-order valence-corrected chi connectivity index (χ3v) is 1.89. The second-order valence-corrected chi connectivity index (χ2v) is 2.75. The molecule has 14 heavy (non-hydrogen) atoms. The van der Waals surface area contributed by atoms with Crippen LogP contribution in [0.1, 0.15) is 11.1 Å². The van der Waals surface area contributed by atoms with Crippen molar-refractivity contribution in [3.05, 3.63) is 23.3 Å². The van der Waals surface area contributed by atoms with Gasteiger partial charge in [-0.2, -0.15) is 4.99 Å².